The minimum Gasteiger partial charge on any atom is -0.316 e. The van der Waals surface area contributed by atoms with Gasteiger partial charge < -0.3 is 10.2 Å². The Morgan fingerprint density at radius 3 is 2.42 bits per heavy atom. The van der Waals surface area contributed by atoms with Gasteiger partial charge in [0.1, 0.15) is 0 Å². The van der Waals surface area contributed by atoms with Gasteiger partial charge in [0.2, 0.25) is 0 Å². The Morgan fingerprint density at radius 2 is 2.00 bits per heavy atom. The van der Waals surface area contributed by atoms with Crippen molar-refractivity contribution in [2.45, 2.75) is 13.3 Å². The lowest BCUT2D eigenvalue weighted by molar-refractivity contribution is 0.216. The molecule has 2 fully saturated rings. The molecule has 0 spiro atoms. The molecule has 1 saturated heterocycles. The van der Waals surface area contributed by atoms with E-state index < -0.39 is 0 Å². The molecule has 1 saturated carbocycles. The quantitative estimate of drug-likeness (QED) is 0.668. The minimum absolute atomic E-state index is 0.934. The van der Waals surface area contributed by atoms with Gasteiger partial charge in [-0.2, -0.15) is 0 Å². The summed E-state index contributed by atoms with van der Waals surface area (Å²) in [7, 11) is 2.27. The van der Waals surface area contributed by atoms with Crippen LogP contribution in [-0.4, -0.2) is 38.1 Å². The molecule has 0 aromatic rings. The number of hydrogen-bond donors (Lipinski definition) is 1. The third-order valence-electron chi connectivity index (χ3n) is 3.26. The van der Waals surface area contributed by atoms with E-state index in [-0.39, 0.29) is 0 Å². The van der Waals surface area contributed by atoms with Gasteiger partial charge >= 0.3 is 0 Å². The molecule has 2 heteroatoms. The van der Waals surface area contributed by atoms with Crippen LogP contribution in [0.25, 0.3) is 0 Å². The van der Waals surface area contributed by atoms with Crippen LogP contribution in [0.1, 0.15) is 13.3 Å². The van der Waals surface area contributed by atoms with Gasteiger partial charge in [-0.05, 0) is 31.2 Å². The third kappa shape index (κ3) is 1.99. The van der Waals surface area contributed by atoms with Crippen molar-refractivity contribution in [3.63, 3.8) is 0 Å². The summed E-state index contributed by atoms with van der Waals surface area (Å²) in [6, 6.07) is 0. The first-order valence-electron chi connectivity index (χ1n) is 5.15. The fraction of sp³-hybridized carbons (Fsp3) is 1.00. The average Bonchev–Trinajstić information content (AvgIpc) is 2.58. The lowest BCUT2D eigenvalue weighted by atomic mass is 10.0. The van der Waals surface area contributed by atoms with Crippen molar-refractivity contribution < 1.29 is 0 Å². The summed E-state index contributed by atoms with van der Waals surface area (Å²) in [5, 5.41) is 3.32. The van der Waals surface area contributed by atoms with E-state index in [0.717, 1.165) is 17.8 Å². The van der Waals surface area contributed by atoms with Gasteiger partial charge in [-0.1, -0.05) is 6.92 Å². The SMILES string of the molecule is CC1CC1CN(C)CC1CNC1. The smallest absolute Gasteiger partial charge is 0.00310 e. The van der Waals surface area contributed by atoms with Gasteiger partial charge in [0, 0.05) is 26.2 Å². The number of nitrogens with one attached hydrogen (secondary N) is 1. The zero-order chi connectivity index (χ0) is 8.55. The lowest BCUT2D eigenvalue weighted by Crippen LogP contribution is -2.47. The molecule has 1 aliphatic carbocycles. The Labute approximate surface area is 75.3 Å². The van der Waals surface area contributed by atoms with Crippen LogP contribution in [0.3, 0.4) is 0 Å². The van der Waals surface area contributed by atoms with Gasteiger partial charge in [-0.3, -0.25) is 0 Å². The topological polar surface area (TPSA) is 15.3 Å². The van der Waals surface area contributed by atoms with Crippen molar-refractivity contribution >= 4 is 0 Å². The highest BCUT2D eigenvalue weighted by molar-refractivity contribution is 4.86. The predicted molar refractivity (Wildman–Crippen MR) is 51.1 cm³/mol. The predicted octanol–water partition coefficient (Wildman–Crippen LogP) is 0.794. The van der Waals surface area contributed by atoms with Crippen LogP contribution in [0, 0.1) is 17.8 Å². The summed E-state index contributed by atoms with van der Waals surface area (Å²) < 4.78 is 0. The first-order chi connectivity index (χ1) is 5.75. The summed E-state index contributed by atoms with van der Waals surface area (Å²) in [5.41, 5.74) is 0. The van der Waals surface area contributed by atoms with Crippen LogP contribution >= 0.6 is 0 Å². The Morgan fingerprint density at radius 1 is 1.33 bits per heavy atom. The maximum Gasteiger partial charge on any atom is 0.00310 e. The molecule has 12 heavy (non-hydrogen) atoms. The van der Waals surface area contributed by atoms with Crippen LogP contribution in [0.15, 0.2) is 0 Å². The normalized spacial score (nSPS) is 35.2. The molecule has 0 aromatic carbocycles. The highest BCUT2D eigenvalue weighted by Gasteiger charge is 2.33. The maximum atomic E-state index is 3.32. The van der Waals surface area contributed by atoms with E-state index in [9.17, 15) is 0 Å². The Bertz CT molecular complexity index is 147. The zero-order valence-corrected chi connectivity index (χ0v) is 8.21. The van der Waals surface area contributed by atoms with E-state index in [0.29, 0.717) is 0 Å². The highest BCUT2D eigenvalue weighted by Crippen LogP contribution is 2.37. The summed E-state index contributed by atoms with van der Waals surface area (Å²) in [6.07, 6.45) is 1.47. The molecule has 0 amide bonds. The molecule has 1 N–H and O–H groups in total. The number of rotatable bonds is 4. The molecule has 0 aromatic heterocycles. The van der Waals surface area contributed by atoms with Gasteiger partial charge in [-0.25, -0.2) is 0 Å². The van der Waals surface area contributed by atoms with Crippen LogP contribution < -0.4 is 5.32 Å². The van der Waals surface area contributed by atoms with Crippen molar-refractivity contribution in [1.82, 2.24) is 10.2 Å². The third-order valence-corrected chi connectivity index (χ3v) is 3.26. The van der Waals surface area contributed by atoms with E-state index in [1.165, 1.54) is 32.6 Å². The summed E-state index contributed by atoms with van der Waals surface area (Å²) in [5.74, 6) is 2.96. The zero-order valence-electron chi connectivity index (χ0n) is 8.21. The summed E-state index contributed by atoms with van der Waals surface area (Å²) in [6.45, 7) is 7.48. The van der Waals surface area contributed by atoms with E-state index in [1.54, 1.807) is 0 Å². The van der Waals surface area contributed by atoms with E-state index in [4.69, 9.17) is 0 Å². The first kappa shape index (κ1) is 8.52. The van der Waals surface area contributed by atoms with Crippen LogP contribution in [0.5, 0.6) is 0 Å². The summed E-state index contributed by atoms with van der Waals surface area (Å²) in [4.78, 5) is 2.51. The van der Waals surface area contributed by atoms with Gasteiger partial charge in [0.15, 0.2) is 0 Å². The van der Waals surface area contributed by atoms with Crippen LogP contribution in [0.4, 0.5) is 0 Å². The van der Waals surface area contributed by atoms with E-state index in [2.05, 4.69) is 24.2 Å². The molecule has 70 valence electrons. The highest BCUT2D eigenvalue weighted by atomic mass is 15.1. The second kappa shape index (κ2) is 3.35. The molecule has 1 heterocycles. The standard InChI is InChI=1S/C10H20N2/c1-8-3-10(8)7-12(2)6-9-4-11-5-9/h8-11H,3-7H2,1-2H3. The number of nitrogens with zero attached hydrogens (tertiary/aromatic N) is 1. The molecule has 2 rings (SSSR count). The Hall–Kier alpha value is -0.0800. The summed E-state index contributed by atoms with van der Waals surface area (Å²) >= 11 is 0. The monoisotopic (exact) mass is 168 g/mol. The lowest BCUT2D eigenvalue weighted by Gasteiger charge is -2.31. The van der Waals surface area contributed by atoms with Crippen molar-refractivity contribution in [3.05, 3.63) is 0 Å². The van der Waals surface area contributed by atoms with Crippen molar-refractivity contribution in [2.24, 2.45) is 17.8 Å². The molecule has 2 atom stereocenters. The minimum atomic E-state index is 0.934. The second-order valence-electron chi connectivity index (χ2n) is 4.72. The van der Waals surface area contributed by atoms with Gasteiger partial charge in [0.05, 0.1) is 0 Å². The van der Waals surface area contributed by atoms with Gasteiger partial charge in [-0.15, -0.1) is 0 Å². The molecule has 2 aliphatic rings. The Balaban J connectivity index is 1.60. The van der Waals surface area contributed by atoms with Crippen molar-refractivity contribution in [1.29, 1.82) is 0 Å². The molecule has 2 unspecified atom stereocenters. The fourth-order valence-corrected chi connectivity index (χ4v) is 2.05. The average molecular weight is 168 g/mol. The molecular formula is C10H20N2. The largest absolute Gasteiger partial charge is 0.316 e. The first-order valence-corrected chi connectivity index (χ1v) is 5.15. The molecule has 2 nitrogen and oxygen atoms in total. The molecular weight excluding hydrogens is 148 g/mol. The maximum absolute atomic E-state index is 3.32. The molecule has 1 aliphatic heterocycles. The Kier molecular flexibility index (Phi) is 2.37. The number of hydrogen-bond acceptors (Lipinski definition) is 2. The fourth-order valence-electron chi connectivity index (χ4n) is 2.05. The molecule has 0 radical (unpaired) electrons. The van der Waals surface area contributed by atoms with Crippen LogP contribution in [0.2, 0.25) is 0 Å². The van der Waals surface area contributed by atoms with Crippen LogP contribution in [-0.2, 0) is 0 Å². The molecule has 0 bridgehead atoms. The van der Waals surface area contributed by atoms with Crippen molar-refractivity contribution in [3.8, 4) is 0 Å². The van der Waals surface area contributed by atoms with E-state index >= 15 is 0 Å². The van der Waals surface area contributed by atoms with Gasteiger partial charge in [0.25, 0.3) is 0 Å². The van der Waals surface area contributed by atoms with Crippen molar-refractivity contribution in [2.75, 3.05) is 33.2 Å². The van der Waals surface area contributed by atoms with E-state index in [1.807, 2.05) is 0 Å². The second-order valence-corrected chi connectivity index (χ2v) is 4.72.